The van der Waals surface area contributed by atoms with Crippen LogP contribution in [0, 0.1) is 0 Å². The third-order valence-electron chi connectivity index (χ3n) is 1.78. The molecule has 1 rings (SSSR count). The summed E-state index contributed by atoms with van der Waals surface area (Å²) in [6, 6.07) is 3.06. The van der Waals surface area contributed by atoms with Crippen LogP contribution in [0.1, 0.15) is 0 Å². The van der Waals surface area contributed by atoms with Crippen LogP contribution in [0.5, 0.6) is 5.75 Å². The summed E-state index contributed by atoms with van der Waals surface area (Å²) >= 11 is 8.93. The molecule has 0 bridgehead atoms. The number of halogens is 5. The van der Waals surface area contributed by atoms with E-state index in [4.69, 9.17) is 22.1 Å². The van der Waals surface area contributed by atoms with Gasteiger partial charge in [0.25, 0.3) is 0 Å². The molecule has 0 saturated heterocycles. The zero-order valence-corrected chi connectivity index (χ0v) is 11.4. The maximum Gasteiger partial charge on any atom is 0.411 e. The Hall–Kier alpha value is -0.660. The predicted octanol–water partition coefficient (Wildman–Crippen LogP) is 3.64. The number of hydrogen-bond donors (Lipinski definition) is 1. The molecule has 0 radical (unpaired) electrons. The molecule has 0 atom stereocenters. The van der Waals surface area contributed by atoms with Gasteiger partial charge < -0.3 is 15.2 Å². The standard InChI is InChI=1S/C10H10BrClF3NO2/c11-7-3-6(12)4-8(16)9(7)18-2-1-17-5-10(13,14)15/h3-4H,1-2,5,16H2. The third-order valence-corrected chi connectivity index (χ3v) is 2.58. The Kier molecular flexibility index (Phi) is 5.55. The molecule has 0 aliphatic rings. The Morgan fingerprint density at radius 2 is 1.94 bits per heavy atom. The molecule has 3 nitrogen and oxygen atoms in total. The number of nitrogens with two attached hydrogens (primary N) is 1. The summed E-state index contributed by atoms with van der Waals surface area (Å²) in [4.78, 5) is 0. The summed E-state index contributed by atoms with van der Waals surface area (Å²) < 4.78 is 45.4. The largest absolute Gasteiger partial charge is 0.488 e. The Morgan fingerprint density at radius 1 is 1.28 bits per heavy atom. The molecule has 8 heteroatoms. The molecule has 0 amide bonds. The van der Waals surface area contributed by atoms with E-state index in [2.05, 4.69) is 20.7 Å². The number of hydrogen-bond acceptors (Lipinski definition) is 3. The number of benzene rings is 1. The second-order valence-electron chi connectivity index (χ2n) is 3.32. The molecule has 0 spiro atoms. The van der Waals surface area contributed by atoms with Gasteiger partial charge in [0.05, 0.1) is 16.8 Å². The maximum absolute atomic E-state index is 11.8. The Bertz CT molecular complexity index is 392. The fourth-order valence-corrected chi connectivity index (χ4v) is 2.07. The molecule has 0 aromatic heterocycles. The van der Waals surface area contributed by atoms with Crippen molar-refractivity contribution in [3.8, 4) is 5.75 Å². The maximum atomic E-state index is 11.8. The lowest BCUT2D eigenvalue weighted by Crippen LogP contribution is -2.19. The molecule has 0 fully saturated rings. The molecule has 0 saturated carbocycles. The highest BCUT2D eigenvalue weighted by molar-refractivity contribution is 9.10. The number of ether oxygens (including phenoxy) is 2. The molecule has 18 heavy (non-hydrogen) atoms. The van der Waals surface area contributed by atoms with Gasteiger partial charge in [-0.05, 0) is 28.1 Å². The summed E-state index contributed by atoms with van der Waals surface area (Å²) in [5.74, 6) is 0.329. The van der Waals surface area contributed by atoms with Crippen LogP contribution in [0.15, 0.2) is 16.6 Å². The number of alkyl halides is 3. The number of anilines is 1. The lowest BCUT2D eigenvalue weighted by atomic mass is 10.3. The minimum absolute atomic E-state index is 0.0412. The van der Waals surface area contributed by atoms with E-state index < -0.39 is 12.8 Å². The van der Waals surface area contributed by atoms with Crippen molar-refractivity contribution in [2.45, 2.75) is 6.18 Å². The van der Waals surface area contributed by atoms with Gasteiger partial charge in [0, 0.05) is 5.02 Å². The van der Waals surface area contributed by atoms with Crippen molar-refractivity contribution in [2.24, 2.45) is 0 Å². The van der Waals surface area contributed by atoms with Crippen molar-refractivity contribution in [1.29, 1.82) is 0 Å². The first-order valence-electron chi connectivity index (χ1n) is 4.81. The van der Waals surface area contributed by atoms with E-state index in [0.29, 0.717) is 20.9 Å². The van der Waals surface area contributed by atoms with Crippen LogP contribution in [0.4, 0.5) is 18.9 Å². The van der Waals surface area contributed by atoms with E-state index >= 15 is 0 Å². The number of rotatable bonds is 5. The highest BCUT2D eigenvalue weighted by atomic mass is 79.9. The molecule has 2 N–H and O–H groups in total. The topological polar surface area (TPSA) is 44.5 Å². The van der Waals surface area contributed by atoms with E-state index in [-0.39, 0.29) is 13.2 Å². The van der Waals surface area contributed by atoms with Gasteiger partial charge in [-0.15, -0.1) is 0 Å². The first-order valence-corrected chi connectivity index (χ1v) is 5.98. The van der Waals surface area contributed by atoms with E-state index in [1.165, 1.54) is 6.07 Å². The predicted molar refractivity (Wildman–Crippen MR) is 65.9 cm³/mol. The van der Waals surface area contributed by atoms with E-state index in [1.54, 1.807) is 6.07 Å². The first kappa shape index (κ1) is 15.4. The highest BCUT2D eigenvalue weighted by Gasteiger charge is 2.27. The van der Waals surface area contributed by atoms with Gasteiger partial charge >= 0.3 is 6.18 Å². The van der Waals surface area contributed by atoms with Crippen LogP contribution in [-0.2, 0) is 4.74 Å². The second kappa shape index (κ2) is 6.49. The molecule has 1 aromatic carbocycles. The Morgan fingerprint density at radius 3 is 2.50 bits per heavy atom. The van der Waals surface area contributed by atoms with Crippen LogP contribution in [0.2, 0.25) is 5.02 Å². The fraction of sp³-hybridized carbons (Fsp3) is 0.400. The van der Waals surface area contributed by atoms with Crippen molar-refractivity contribution < 1.29 is 22.6 Å². The molecule has 0 aliphatic carbocycles. The minimum Gasteiger partial charge on any atom is -0.488 e. The van der Waals surface area contributed by atoms with E-state index in [0.717, 1.165) is 0 Å². The first-order chi connectivity index (χ1) is 8.29. The van der Waals surface area contributed by atoms with Crippen LogP contribution < -0.4 is 10.5 Å². The Balaban J connectivity index is 2.41. The fourth-order valence-electron chi connectivity index (χ4n) is 1.12. The zero-order valence-electron chi connectivity index (χ0n) is 9.06. The average Bonchev–Trinajstić information content (AvgIpc) is 2.19. The third kappa shape index (κ3) is 5.32. The van der Waals surface area contributed by atoms with Crippen LogP contribution in [0.25, 0.3) is 0 Å². The summed E-state index contributed by atoms with van der Waals surface area (Å²) in [5, 5.41) is 0.431. The molecular formula is C10H10BrClF3NO2. The van der Waals surface area contributed by atoms with Gasteiger partial charge in [0.2, 0.25) is 0 Å². The van der Waals surface area contributed by atoms with Crippen molar-refractivity contribution >= 4 is 33.2 Å². The van der Waals surface area contributed by atoms with Crippen molar-refractivity contribution in [3.63, 3.8) is 0 Å². The lowest BCUT2D eigenvalue weighted by Gasteiger charge is -2.12. The lowest BCUT2D eigenvalue weighted by molar-refractivity contribution is -0.175. The number of nitrogen functional groups attached to an aromatic ring is 1. The van der Waals surface area contributed by atoms with Crippen molar-refractivity contribution in [2.75, 3.05) is 25.6 Å². The summed E-state index contributed by atoms with van der Waals surface area (Å²) in [7, 11) is 0. The molecule has 0 unspecified atom stereocenters. The minimum atomic E-state index is -4.33. The summed E-state index contributed by atoms with van der Waals surface area (Å²) in [5.41, 5.74) is 5.94. The van der Waals surface area contributed by atoms with Crippen LogP contribution >= 0.6 is 27.5 Å². The average molecular weight is 349 g/mol. The molecule has 0 aliphatic heterocycles. The zero-order chi connectivity index (χ0) is 13.8. The Labute approximate surface area is 115 Å². The van der Waals surface area contributed by atoms with Gasteiger partial charge in [-0.2, -0.15) is 13.2 Å². The van der Waals surface area contributed by atoms with Crippen molar-refractivity contribution in [1.82, 2.24) is 0 Å². The quantitative estimate of drug-likeness (QED) is 0.653. The van der Waals surface area contributed by atoms with Gasteiger partial charge in [0.15, 0.2) is 5.75 Å². The SMILES string of the molecule is Nc1cc(Cl)cc(Br)c1OCCOCC(F)(F)F. The molecule has 0 heterocycles. The van der Waals surface area contributed by atoms with Gasteiger partial charge in [-0.25, -0.2) is 0 Å². The smallest absolute Gasteiger partial charge is 0.411 e. The molecule has 1 aromatic rings. The molecular weight excluding hydrogens is 338 g/mol. The van der Waals surface area contributed by atoms with Gasteiger partial charge in [0.1, 0.15) is 13.2 Å². The van der Waals surface area contributed by atoms with E-state index in [1.807, 2.05) is 0 Å². The van der Waals surface area contributed by atoms with Crippen LogP contribution in [-0.4, -0.2) is 26.0 Å². The van der Waals surface area contributed by atoms with Crippen LogP contribution in [0.3, 0.4) is 0 Å². The van der Waals surface area contributed by atoms with E-state index in [9.17, 15) is 13.2 Å². The summed E-state index contributed by atoms with van der Waals surface area (Å²) in [6.07, 6.45) is -4.33. The normalized spacial score (nSPS) is 11.6. The second-order valence-corrected chi connectivity index (χ2v) is 4.61. The van der Waals surface area contributed by atoms with Gasteiger partial charge in [-0.1, -0.05) is 11.6 Å². The van der Waals surface area contributed by atoms with Crippen molar-refractivity contribution in [3.05, 3.63) is 21.6 Å². The van der Waals surface area contributed by atoms with Gasteiger partial charge in [-0.3, -0.25) is 0 Å². The highest BCUT2D eigenvalue weighted by Crippen LogP contribution is 2.34. The summed E-state index contributed by atoms with van der Waals surface area (Å²) in [6.45, 7) is -1.53. The molecule has 102 valence electrons. The monoisotopic (exact) mass is 347 g/mol.